The number of aryl methyl sites for hydroxylation is 1. The fourth-order valence-electron chi connectivity index (χ4n) is 1.84. The summed E-state index contributed by atoms with van der Waals surface area (Å²) in [6, 6.07) is 0. The number of nitrogens with zero attached hydrogens (tertiary/aromatic N) is 5. The number of hydrogen-bond donors (Lipinski definition) is 2. The Balaban J connectivity index is 2.54. The van der Waals surface area contributed by atoms with Crippen molar-refractivity contribution < 1.29 is 19.9 Å². The van der Waals surface area contributed by atoms with E-state index in [1.807, 2.05) is 0 Å². The zero-order valence-corrected chi connectivity index (χ0v) is 12.2. The lowest BCUT2D eigenvalue weighted by Gasteiger charge is -2.18. The molecule has 0 spiro atoms. The summed E-state index contributed by atoms with van der Waals surface area (Å²) in [4.78, 5) is 24.8. The molecular weight excluding hydrogens is 298 g/mol. The van der Waals surface area contributed by atoms with E-state index in [1.165, 1.54) is 4.57 Å². The molecule has 0 aliphatic heterocycles. The molecule has 0 aliphatic carbocycles. The van der Waals surface area contributed by atoms with Crippen LogP contribution in [0.15, 0.2) is 11.5 Å². The van der Waals surface area contributed by atoms with Crippen molar-refractivity contribution in [3.8, 4) is 0 Å². The van der Waals surface area contributed by atoms with Gasteiger partial charge in [0.1, 0.15) is 18.8 Å². The highest BCUT2D eigenvalue weighted by Crippen LogP contribution is 2.14. The number of rotatable bonds is 11. The van der Waals surface area contributed by atoms with E-state index in [-0.39, 0.29) is 45.3 Å². The topological polar surface area (TPSA) is 143 Å². The number of aromatic nitrogens is 2. The van der Waals surface area contributed by atoms with Gasteiger partial charge in [0, 0.05) is 6.92 Å². The molecule has 0 radical (unpaired) electrons. The van der Waals surface area contributed by atoms with Gasteiger partial charge in [-0.1, -0.05) is 0 Å². The summed E-state index contributed by atoms with van der Waals surface area (Å²) >= 11 is 0. The summed E-state index contributed by atoms with van der Waals surface area (Å²) in [7, 11) is 0. The van der Waals surface area contributed by atoms with Crippen molar-refractivity contribution in [2.45, 2.75) is 19.6 Å². The van der Waals surface area contributed by atoms with Crippen LogP contribution in [0.4, 0.5) is 5.82 Å². The lowest BCUT2D eigenvalue weighted by atomic mass is 10.3. The molecule has 22 heavy (non-hydrogen) atoms. The highest BCUT2D eigenvalue weighted by atomic mass is 16.6. The van der Waals surface area contributed by atoms with E-state index < -0.39 is 11.0 Å². The van der Waals surface area contributed by atoms with E-state index >= 15 is 0 Å². The molecule has 0 saturated carbocycles. The molecule has 0 amide bonds. The second kappa shape index (κ2) is 9.02. The minimum Gasteiger partial charge on any atom is -0.394 e. The molecule has 1 rings (SSSR count). The highest BCUT2D eigenvalue weighted by molar-refractivity contribution is 5.18. The minimum atomic E-state index is -1.04. The molecule has 11 nitrogen and oxygen atoms in total. The molecule has 1 heterocycles. The molecule has 1 aromatic rings. The highest BCUT2D eigenvalue weighted by Gasteiger charge is 2.22. The Kier molecular flexibility index (Phi) is 7.36. The smallest absolute Gasteiger partial charge is 0.342 e. The molecule has 11 heteroatoms. The molecular formula is C11H19N5O6. The van der Waals surface area contributed by atoms with Crippen LogP contribution in [-0.2, 0) is 11.3 Å². The second-order valence-electron chi connectivity index (χ2n) is 4.52. The van der Waals surface area contributed by atoms with Crippen LogP contribution in [0.1, 0.15) is 5.82 Å². The molecule has 0 fully saturated rings. The third kappa shape index (κ3) is 5.35. The average molecular weight is 317 g/mol. The van der Waals surface area contributed by atoms with E-state index in [9.17, 15) is 20.1 Å². The van der Waals surface area contributed by atoms with Gasteiger partial charge < -0.3 is 25.1 Å². The number of hydrogen-bond acceptors (Lipinski definition) is 8. The maximum Gasteiger partial charge on any atom is 0.342 e. The molecule has 1 unspecified atom stereocenters. The van der Waals surface area contributed by atoms with Crippen molar-refractivity contribution in [1.82, 2.24) is 14.6 Å². The summed E-state index contributed by atoms with van der Waals surface area (Å²) in [5.74, 6) is 0.163. The predicted molar refractivity (Wildman–Crippen MR) is 74.9 cm³/mol. The van der Waals surface area contributed by atoms with E-state index in [0.29, 0.717) is 5.82 Å². The van der Waals surface area contributed by atoms with Crippen molar-refractivity contribution in [1.29, 1.82) is 0 Å². The van der Waals surface area contributed by atoms with E-state index in [0.717, 1.165) is 11.2 Å². The summed E-state index contributed by atoms with van der Waals surface area (Å²) in [5.41, 5.74) is 0. The van der Waals surface area contributed by atoms with Gasteiger partial charge in [-0.15, -0.1) is 4.91 Å². The number of nitroso groups, excluding NO2 is 1. The Morgan fingerprint density at radius 2 is 2.32 bits per heavy atom. The third-order valence-corrected chi connectivity index (χ3v) is 2.88. The normalized spacial score (nSPS) is 12.1. The quantitative estimate of drug-likeness (QED) is 0.239. The Labute approximate surface area is 126 Å². The zero-order valence-electron chi connectivity index (χ0n) is 12.2. The van der Waals surface area contributed by atoms with Crippen molar-refractivity contribution >= 4 is 5.82 Å². The monoisotopic (exact) mass is 317 g/mol. The Bertz CT molecular complexity index is 493. The standard InChI is InChI=1S/C11H19N5O6/c1-9-12-6-11(16(20)21)15(9)8-10(18)7-14(13-19)2-4-22-5-3-17/h6,10,17-18H,2-5,7-8H2,1H3. The van der Waals surface area contributed by atoms with E-state index in [2.05, 4.69) is 10.3 Å². The second-order valence-corrected chi connectivity index (χ2v) is 4.52. The van der Waals surface area contributed by atoms with Gasteiger partial charge in [0.25, 0.3) is 0 Å². The molecule has 0 saturated heterocycles. The predicted octanol–water partition coefficient (Wildman–Crippen LogP) is -0.547. The van der Waals surface area contributed by atoms with Gasteiger partial charge in [0.2, 0.25) is 0 Å². The van der Waals surface area contributed by atoms with Crippen LogP contribution in [0.5, 0.6) is 0 Å². The lowest BCUT2D eigenvalue weighted by Crippen LogP contribution is -2.33. The molecule has 0 bridgehead atoms. The number of ether oxygens (including phenoxy) is 1. The van der Waals surface area contributed by atoms with Gasteiger partial charge in [0.05, 0.1) is 38.2 Å². The molecule has 1 atom stereocenters. The first-order chi connectivity index (χ1) is 10.5. The first-order valence-corrected chi connectivity index (χ1v) is 6.61. The van der Waals surface area contributed by atoms with Crippen molar-refractivity contribution in [2.24, 2.45) is 5.29 Å². The zero-order chi connectivity index (χ0) is 16.5. The van der Waals surface area contributed by atoms with Gasteiger partial charge >= 0.3 is 5.82 Å². The van der Waals surface area contributed by atoms with Crippen LogP contribution in [0, 0.1) is 21.9 Å². The van der Waals surface area contributed by atoms with Crippen LogP contribution >= 0.6 is 0 Å². The van der Waals surface area contributed by atoms with Crippen LogP contribution < -0.4 is 0 Å². The minimum absolute atomic E-state index is 0.0777. The van der Waals surface area contributed by atoms with Crippen LogP contribution in [0.3, 0.4) is 0 Å². The fraction of sp³-hybridized carbons (Fsp3) is 0.727. The molecule has 0 aliphatic rings. The number of nitro groups is 1. The van der Waals surface area contributed by atoms with Crippen LogP contribution in [0.25, 0.3) is 0 Å². The molecule has 0 aromatic carbocycles. The number of imidazole rings is 1. The number of aliphatic hydroxyl groups excluding tert-OH is 2. The van der Waals surface area contributed by atoms with Crippen molar-refractivity contribution in [3.05, 3.63) is 27.0 Å². The molecule has 124 valence electrons. The summed E-state index contributed by atoms with van der Waals surface area (Å²) < 4.78 is 6.26. The Morgan fingerprint density at radius 3 is 2.91 bits per heavy atom. The van der Waals surface area contributed by atoms with E-state index in [1.54, 1.807) is 6.92 Å². The lowest BCUT2D eigenvalue weighted by molar-refractivity contribution is -0.392. The van der Waals surface area contributed by atoms with E-state index in [4.69, 9.17) is 9.84 Å². The average Bonchev–Trinajstić information content (AvgIpc) is 2.83. The van der Waals surface area contributed by atoms with Gasteiger partial charge in [0.15, 0.2) is 5.82 Å². The molecule has 1 aromatic heterocycles. The fourth-order valence-corrected chi connectivity index (χ4v) is 1.84. The van der Waals surface area contributed by atoms with Gasteiger partial charge in [-0.05, 0) is 4.92 Å². The summed E-state index contributed by atoms with van der Waals surface area (Å²) in [6.07, 6.45) is 0.0719. The summed E-state index contributed by atoms with van der Waals surface area (Å²) in [5, 5.41) is 33.2. The Morgan fingerprint density at radius 1 is 1.59 bits per heavy atom. The molecule has 2 N–H and O–H groups in total. The summed E-state index contributed by atoms with van der Waals surface area (Å²) in [6.45, 7) is 1.75. The van der Waals surface area contributed by atoms with Gasteiger partial charge in [-0.2, -0.15) is 0 Å². The van der Waals surface area contributed by atoms with Gasteiger partial charge in [-0.3, -0.25) is 5.01 Å². The van der Waals surface area contributed by atoms with Crippen LogP contribution in [0.2, 0.25) is 0 Å². The largest absolute Gasteiger partial charge is 0.394 e. The first kappa shape index (κ1) is 17.9. The van der Waals surface area contributed by atoms with Crippen molar-refractivity contribution in [3.63, 3.8) is 0 Å². The van der Waals surface area contributed by atoms with Crippen LogP contribution in [-0.4, -0.2) is 68.7 Å². The number of aliphatic hydroxyl groups is 2. The Hall–Kier alpha value is -2.11. The van der Waals surface area contributed by atoms with Crippen molar-refractivity contribution in [2.75, 3.05) is 32.9 Å². The first-order valence-electron chi connectivity index (χ1n) is 6.61. The third-order valence-electron chi connectivity index (χ3n) is 2.88. The maximum absolute atomic E-state index is 10.8. The SMILES string of the molecule is Cc1ncc([N+](=O)[O-])n1CC(O)CN(CCOCCO)N=O. The van der Waals surface area contributed by atoms with Gasteiger partial charge in [-0.25, -0.2) is 9.55 Å². The maximum atomic E-state index is 10.8.